The number of fused-ring (bicyclic) bond motifs is 4. The van der Waals surface area contributed by atoms with Crippen molar-refractivity contribution >= 4 is 51.5 Å². The molecule has 15 heteroatoms. The molecule has 0 bridgehead atoms. The molecular weight excluding hydrogens is 727 g/mol. The number of thiocarbonyl (C=S) groups is 1. The number of nitrogens with zero attached hydrogens (tertiary/aromatic N) is 5. The summed E-state index contributed by atoms with van der Waals surface area (Å²) in [4.78, 5) is 14.1. The number of hydrogen-bond donors (Lipinski definition) is 0. The SMILES string of the molecule is CC(C)[Si]1(C(C)C)OCC2OC(n3cnc4c(OCc5ccccc5)nc5nccn5c43)C(OC(=S)Oc3ccccc3)C2O[Si](C(C)C)(C(C)C)O1. The van der Waals surface area contributed by atoms with Crippen LogP contribution in [0, 0.1) is 0 Å². The molecule has 4 unspecified atom stereocenters. The second-order valence-electron chi connectivity index (χ2n) is 15.0. The second kappa shape index (κ2) is 15.2. The molecule has 5 heterocycles. The van der Waals surface area contributed by atoms with Gasteiger partial charge in [-0.1, -0.05) is 104 Å². The molecule has 0 amide bonds. The largest absolute Gasteiger partial charge is 0.471 e. The van der Waals surface area contributed by atoms with E-state index >= 15 is 0 Å². The summed E-state index contributed by atoms with van der Waals surface area (Å²) in [5.41, 5.74) is 2.76. The Bertz CT molecular complexity index is 2010. The lowest BCUT2D eigenvalue weighted by atomic mass is 10.1. The minimum atomic E-state index is -3.06. The van der Waals surface area contributed by atoms with Crippen LogP contribution < -0.4 is 9.47 Å². The molecule has 7 rings (SSSR count). The fourth-order valence-corrected chi connectivity index (χ4v) is 19.1. The number of aromatic nitrogens is 5. The first-order valence-electron chi connectivity index (χ1n) is 18.4. The minimum Gasteiger partial charge on any atom is -0.471 e. The zero-order valence-electron chi connectivity index (χ0n) is 31.5. The van der Waals surface area contributed by atoms with Crippen molar-refractivity contribution in [3.63, 3.8) is 0 Å². The Labute approximate surface area is 318 Å². The van der Waals surface area contributed by atoms with Crippen LogP contribution in [0.15, 0.2) is 79.4 Å². The van der Waals surface area contributed by atoms with Gasteiger partial charge in [0.2, 0.25) is 11.7 Å². The van der Waals surface area contributed by atoms with Crippen LogP contribution in [0.4, 0.5) is 0 Å². The topological polar surface area (TPSA) is 113 Å². The zero-order valence-corrected chi connectivity index (χ0v) is 34.4. The number of para-hydroxylation sites is 1. The molecule has 4 atom stereocenters. The van der Waals surface area contributed by atoms with Gasteiger partial charge in [0.15, 0.2) is 23.5 Å². The highest BCUT2D eigenvalue weighted by Gasteiger charge is 2.62. The van der Waals surface area contributed by atoms with Gasteiger partial charge in [0.25, 0.3) is 0 Å². The van der Waals surface area contributed by atoms with Gasteiger partial charge in [-0.05, 0) is 39.9 Å². The Balaban J connectivity index is 1.34. The summed E-state index contributed by atoms with van der Waals surface area (Å²) in [5, 5.41) is -0.0526. The van der Waals surface area contributed by atoms with Crippen LogP contribution in [0.5, 0.6) is 11.6 Å². The van der Waals surface area contributed by atoms with Gasteiger partial charge in [-0.25, -0.2) is 9.97 Å². The van der Waals surface area contributed by atoms with Gasteiger partial charge in [-0.3, -0.25) is 8.97 Å². The Morgan fingerprint density at radius 3 is 2.21 bits per heavy atom. The first-order valence-corrected chi connectivity index (χ1v) is 22.8. The van der Waals surface area contributed by atoms with Gasteiger partial charge in [-0.2, -0.15) is 4.98 Å². The van der Waals surface area contributed by atoms with Crippen LogP contribution in [-0.2, 0) is 29.0 Å². The summed E-state index contributed by atoms with van der Waals surface area (Å²) in [7, 11) is -5.90. The third kappa shape index (κ3) is 7.03. The monoisotopic (exact) mass is 775 g/mol. The summed E-state index contributed by atoms with van der Waals surface area (Å²) in [6.45, 7) is 18.2. The maximum Gasteiger partial charge on any atom is 0.358 e. The van der Waals surface area contributed by atoms with Gasteiger partial charge in [0.1, 0.15) is 24.6 Å². The molecule has 12 nitrogen and oxygen atoms in total. The van der Waals surface area contributed by atoms with E-state index in [9.17, 15) is 0 Å². The third-order valence-corrected chi connectivity index (χ3v) is 20.7. The molecule has 2 aliphatic rings. The quantitative estimate of drug-likeness (QED) is 0.101. The molecule has 2 saturated heterocycles. The molecule has 0 saturated carbocycles. The van der Waals surface area contributed by atoms with Crippen molar-refractivity contribution in [2.75, 3.05) is 6.61 Å². The van der Waals surface area contributed by atoms with E-state index in [0.29, 0.717) is 35.2 Å². The molecule has 2 aromatic carbocycles. The van der Waals surface area contributed by atoms with Crippen molar-refractivity contribution in [2.24, 2.45) is 0 Å². The fourth-order valence-electron chi connectivity index (χ4n) is 7.64. The molecule has 2 aliphatic heterocycles. The molecule has 0 aliphatic carbocycles. The summed E-state index contributed by atoms with van der Waals surface area (Å²) in [5.74, 6) is 1.37. The van der Waals surface area contributed by atoms with Gasteiger partial charge >= 0.3 is 22.4 Å². The van der Waals surface area contributed by atoms with E-state index in [2.05, 4.69) is 60.4 Å². The molecule has 282 valence electrons. The van der Waals surface area contributed by atoms with E-state index in [4.69, 9.17) is 54.1 Å². The number of rotatable bonds is 10. The van der Waals surface area contributed by atoms with E-state index in [1.54, 1.807) is 12.5 Å². The predicted molar refractivity (Wildman–Crippen MR) is 209 cm³/mol. The van der Waals surface area contributed by atoms with Crippen molar-refractivity contribution in [1.82, 2.24) is 23.9 Å². The van der Waals surface area contributed by atoms with Crippen LogP contribution in [-0.4, -0.2) is 71.2 Å². The molecule has 0 N–H and O–H groups in total. The third-order valence-electron chi connectivity index (χ3n) is 10.3. The van der Waals surface area contributed by atoms with Crippen LogP contribution in [0.25, 0.3) is 16.9 Å². The van der Waals surface area contributed by atoms with Crippen LogP contribution in [0.2, 0.25) is 22.2 Å². The lowest BCUT2D eigenvalue weighted by molar-refractivity contribution is -0.0569. The Morgan fingerprint density at radius 1 is 0.887 bits per heavy atom. The Kier molecular flexibility index (Phi) is 10.8. The van der Waals surface area contributed by atoms with Gasteiger partial charge in [0, 0.05) is 24.6 Å². The molecule has 5 aromatic rings. The van der Waals surface area contributed by atoms with E-state index < -0.39 is 41.7 Å². The Morgan fingerprint density at radius 2 is 1.55 bits per heavy atom. The molecule has 2 fully saturated rings. The fraction of sp³-hybridized carbons (Fsp3) is 0.474. The highest BCUT2D eigenvalue weighted by Crippen LogP contribution is 2.49. The molecule has 0 spiro atoms. The van der Waals surface area contributed by atoms with Gasteiger partial charge in [-0.15, -0.1) is 0 Å². The van der Waals surface area contributed by atoms with E-state index in [-0.39, 0.29) is 34.0 Å². The summed E-state index contributed by atoms with van der Waals surface area (Å²) < 4.78 is 51.9. The number of ether oxygens (including phenoxy) is 4. The van der Waals surface area contributed by atoms with Crippen molar-refractivity contribution in [3.05, 3.63) is 84.9 Å². The number of benzene rings is 2. The molecule has 53 heavy (non-hydrogen) atoms. The number of imidazole rings is 2. The first kappa shape index (κ1) is 37.6. The standard InChI is InChI=1S/C38H49N5O7SSi2/c1-24(2)52(25(3)4)45-22-30-32(49-53(50-52,26(5)6)27(7)8)33(48-38(51)46-29-17-13-10-14-18-29)36(47-30)43-23-40-31-34(44-21-28-15-11-9-12-16-28)41-37-39-19-20-42(37)35(31)43/h9-20,23-27,30,32-33,36H,21-22H2,1-8H3. The smallest absolute Gasteiger partial charge is 0.358 e. The number of hydrogen-bond acceptors (Lipinski definition) is 11. The van der Waals surface area contributed by atoms with E-state index in [0.717, 1.165) is 5.56 Å². The Hall–Kier alpha value is -3.71. The normalized spacial score (nSPS) is 22.7. The average molecular weight is 776 g/mol. The van der Waals surface area contributed by atoms with Crippen molar-refractivity contribution in [3.8, 4) is 11.6 Å². The lowest BCUT2D eigenvalue weighted by Crippen LogP contribution is -2.66. The van der Waals surface area contributed by atoms with Gasteiger partial charge < -0.3 is 31.9 Å². The van der Waals surface area contributed by atoms with E-state index in [1.807, 2.05) is 75.8 Å². The molecule has 0 radical (unpaired) electrons. The van der Waals surface area contributed by atoms with Gasteiger partial charge in [0.05, 0.1) is 12.9 Å². The summed E-state index contributed by atoms with van der Waals surface area (Å²) in [6, 6.07) is 19.3. The first-order chi connectivity index (χ1) is 25.4. The van der Waals surface area contributed by atoms with Crippen LogP contribution >= 0.6 is 12.2 Å². The molecular formula is C38H49N5O7SSi2. The average Bonchev–Trinajstić information content (AvgIpc) is 3.85. The summed E-state index contributed by atoms with van der Waals surface area (Å²) >= 11 is 5.77. The van der Waals surface area contributed by atoms with Crippen molar-refractivity contribution < 1.29 is 31.9 Å². The van der Waals surface area contributed by atoms with Crippen LogP contribution in [0.3, 0.4) is 0 Å². The second-order valence-corrected chi connectivity index (χ2v) is 24.2. The lowest BCUT2D eigenvalue weighted by Gasteiger charge is -2.51. The predicted octanol–water partition coefficient (Wildman–Crippen LogP) is 8.26. The van der Waals surface area contributed by atoms with Crippen molar-refractivity contribution in [1.29, 1.82) is 0 Å². The summed E-state index contributed by atoms with van der Waals surface area (Å²) in [6.07, 6.45) is 2.57. The highest BCUT2D eigenvalue weighted by atomic mass is 32.1. The highest BCUT2D eigenvalue weighted by molar-refractivity contribution is 7.79. The minimum absolute atomic E-state index is 0.0526. The van der Waals surface area contributed by atoms with E-state index in [1.165, 1.54) is 0 Å². The molecule has 3 aromatic heterocycles. The maximum atomic E-state index is 7.49. The van der Waals surface area contributed by atoms with Crippen LogP contribution in [0.1, 0.15) is 67.2 Å². The maximum absolute atomic E-state index is 7.49. The zero-order chi connectivity index (χ0) is 37.5. The van der Waals surface area contributed by atoms with Crippen molar-refractivity contribution in [2.45, 2.75) is 109 Å².